The number of anilines is 1. The molecule has 22 heavy (non-hydrogen) atoms. The number of methoxy groups -OCH3 is 1. The van der Waals surface area contributed by atoms with Crippen molar-refractivity contribution in [3.05, 3.63) is 54.1 Å². The molecule has 1 aromatic carbocycles. The van der Waals surface area contributed by atoms with Crippen LogP contribution < -0.4 is 9.64 Å². The van der Waals surface area contributed by atoms with Crippen molar-refractivity contribution in [2.24, 2.45) is 0 Å². The third-order valence-corrected chi connectivity index (χ3v) is 3.60. The van der Waals surface area contributed by atoms with Crippen LogP contribution in [0.3, 0.4) is 0 Å². The van der Waals surface area contributed by atoms with Crippen molar-refractivity contribution in [3.8, 4) is 5.75 Å². The highest BCUT2D eigenvalue weighted by atomic mass is 16.5. The molecule has 5 heteroatoms. The maximum absolute atomic E-state index is 5.39. The number of pyridine rings is 1. The second kappa shape index (κ2) is 5.97. The molecule has 0 aliphatic heterocycles. The van der Waals surface area contributed by atoms with Gasteiger partial charge in [0.15, 0.2) is 0 Å². The van der Waals surface area contributed by atoms with Crippen molar-refractivity contribution in [1.82, 2.24) is 15.0 Å². The van der Waals surface area contributed by atoms with Gasteiger partial charge in [-0.2, -0.15) is 0 Å². The Bertz CT molecular complexity index is 804. The monoisotopic (exact) mass is 294 g/mol. The molecule has 0 saturated heterocycles. The molecule has 0 aliphatic rings. The van der Waals surface area contributed by atoms with Gasteiger partial charge in [0.1, 0.15) is 22.9 Å². The predicted molar refractivity (Wildman–Crippen MR) is 87.2 cm³/mol. The number of fused-ring (bicyclic) bond motifs is 1. The van der Waals surface area contributed by atoms with E-state index in [-0.39, 0.29) is 0 Å². The topological polar surface area (TPSA) is 51.1 Å². The number of aryl methyl sites for hydroxylation is 1. The maximum atomic E-state index is 5.39. The maximum Gasteiger partial charge on any atom is 0.145 e. The first-order valence-electron chi connectivity index (χ1n) is 7.10. The highest BCUT2D eigenvalue weighted by Crippen LogP contribution is 2.27. The van der Waals surface area contributed by atoms with Gasteiger partial charge in [0.25, 0.3) is 0 Å². The largest absolute Gasteiger partial charge is 0.494 e. The van der Waals surface area contributed by atoms with Crippen LogP contribution in [0.2, 0.25) is 0 Å². The lowest BCUT2D eigenvalue weighted by atomic mass is 10.1. The van der Waals surface area contributed by atoms with E-state index >= 15 is 0 Å². The minimum atomic E-state index is 0.739. The average Bonchev–Trinajstić information content (AvgIpc) is 2.55. The van der Waals surface area contributed by atoms with E-state index in [0.717, 1.165) is 34.8 Å². The Balaban J connectivity index is 1.97. The summed E-state index contributed by atoms with van der Waals surface area (Å²) in [5.41, 5.74) is 2.07. The summed E-state index contributed by atoms with van der Waals surface area (Å²) in [5, 5.41) is 1.10. The van der Waals surface area contributed by atoms with Crippen LogP contribution in [0.4, 0.5) is 5.82 Å². The zero-order valence-electron chi connectivity index (χ0n) is 12.9. The Hall–Kier alpha value is -2.69. The quantitative estimate of drug-likeness (QED) is 0.740. The van der Waals surface area contributed by atoms with Gasteiger partial charge < -0.3 is 9.64 Å². The third kappa shape index (κ3) is 2.70. The van der Waals surface area contributed by atoms with Gasteiger partial charge in [-0.05, 0) is 30.7 Å². The first kappa shape index (κ1) is 14.3. The van der Waals surface area contributed by atoms with Gasteiger partial charge in [-0.1, -0.05) is 12.1 Å². The van der Waals surface area contributed by atoms with Gasteiger partial charge in [0.2, 0.25) is 0 Å². The first-order chi connectivity index (χ1) is 10.7. The SMILES string of the molecule is COc1ccc(CN(C)c2ccnc(C)n2)c2cccnc12. The molecule has 0 aliphatic carbocycles. The molecule has 0 unspecified atom stereocenters. The van der Waals surface area contributed by atoms with E-state index in [4.69, 9.17) is 4.74 Å². The van der Waals surface area contributed by atoms with Crippen molar-refractivity contribution >= 4 is 16.7 Å². The van der Waals surface area contributed by atoms with Crippen LogP contribution >= 0.6 is 0 Å². The van der Waals surface area contributed by atoms with Crippen LogP contribution in [0.1, 0.15) is 11.4 Å². The highest BCUT2D eigenvalue weighted by molar-refractivity contribution is 5.87. The molecular formula is C17H18N4O. The molecule has 112 valence electrons. The summed E-state index contributed by atoms with van der Waals surface area (Å²) < 4.78 is 5.39. The van der Waals surface area contributed by atoms with E-state index in [9.17, 15) is 0 Å². The van der Waals surface area contributed by atoms with E-state index < -0.39 is 0 Å². The number of hydrogen-bond acceptors (Lipinski definition) is 5. The van der Waals surface area contributed by atoms with Crippen molar-refractivity contribution in [3.63, 3.8) is 0 Å². The summed E-state index contributed by atoms with van der Waals surface area (Å²) in [6, 6.07) is 9.97. The Kier molecular flexibility index (Phi) is 3.87. The van der Waals surface area contributed by atoms with Gasteiger partial charge in [0.05, 0.1) is 7.11 Å². The standard InChI is InChI=1S/C17H18N4O/c1-12-18-10-8-16(20-12)21(2)11-13-6-7-15(22-3)17-14(13)5-4-9-19-17/h4-10H,11H2,1-3H3. The third-order valence-electron chi connectivity index (χ3n) is 3.60. The molecule has 5 nitrogen and oxygen atoms in total. The molecule has 3 rings (SSSR count). The fraction of sp³-hybridized carbons (Fsp3) is 0.235. The summed E-state index contributed by atoms with van der Waals surface area (Å²) in [7, 11) is 3.69. The molecule has 0 N–H and O–H groups in total. The molecular weight excluding hydrogens is 276 g/mol. The second-order valence-corrected chi connectivity index (χ2v) is 5.14. The molecule has 0 saturated carbocycles. The number of nitrogens with zero attached hydrogens (tertiary/aromatic N) is 4. The summed E-state index contributed by atoms with van der Waals surface area (Å²) in [4.78, 5) is 15.1. The van der Waals surface area contributed by atoms with Crippen molar-refractivity contribution in [1.29, 1.82) is 0 Å². The molecule has 0 fully saturated rings. The minimum Gasteiger partial charge on any atom is -0.494 e. The lowest BCUT2D eigenvalue weighted by Crippen LogP contribution is -2.18. The fourth-order valence-corrected chi connectivity index (χ4v) is 2.50. The summed E-state index contributed by atoms with van der Waals surface area (Å²) in [6.45, 7) is 2.63. The van der Waals surface area contributed by atoms with Gasteiger partial charge in [-0.3, -0.25) is 4.98 Å². The molecule has 0 radical (unpaired) electrons. The lowest BCUT2D eigenvalue weighted by molar-refractivity contribution is 0.419. The Labute approximate surface area is 129 Å². The van der Waals surface area contributed by atoms with Crippen LogP contribution in [0.5, 0.6) is 5.75 Å². The second-order valence-electron chi connectivity index (χ2n) is 5.14. The van der Waals surface area contributed by atoms with E-state index in [1.54, 1.807) is 19.5 Å². The summed E-state index contributed by atoms with van der Waals surface area (Å²) in [6.07, 6.45) is 3.56. The van der Waals surface area contributed by atoms with Crippen LogP contribution in [0, 0.1) is 6.92 Å². The van der Waals surface area contributed by atoms with Crippen LogP contribution in [0.15, 0.2) is 42.7 Å². The molecule has 2 aromatic heterocycles. The summed E-state index contributed by atoms with van der Waals surface area (Å²) in [5.74, 6) is 2.46. The Morgan fingerprint density at radius 2 is 1.95 bits per heavy atom. The van der Waals surface area contributed by atoms with Crippen molar-refractivity contribution < 1.29 is 4.74 Å². The van der Waals surface area contributed by atoms with Crippen LogP contribution in [-0.2, 0) is 6.54 Å². The van der Waals surface area contributed by atoms with Gasteiger partial charge in [0, 0.05) is 31.4 Å². The number of aromatic nitrogens is 3. The summed E-state index contributed by atoms with van der Waals surface area (Å²) >= 11 is 0. The lowest BCUT2D eigenvalue weighted by Gasteiger charge is -2.19. The molecule has 2 heterocycles. The fourth-order valence-electron chi connectivity index (χ4n) is 2.50. The van der Waals surface area contributed by atoms with Crippen LogP contribution in [0.25, 0.3) is 10.9 Å². The highest BCUT2D eigenvalue weighted by Gasteiger charge is 2.10. The normalized spacial score (nSPS) is 10.7. The van der Waals surface area contributed by atoms with Crippen LogP contribution in [-0.4, -0.2) is 29.1 Å². The van der Waals surface area contributed by atoms with E-state index in [1.165, 1.54) is 5.56 Å². The first-order valence-corrected chi connectivity index (χ1v) is 7.10. The van der Waals surface area contributed by atoms with Gasteiger partial charge in [-0.15, -0.1) is 0 Å². The van der Waals surface area contributed by atoms with Gasteiger partial charge in [-0.25, -0.2) is 9.97 Å². The number of benzene rings is 1. The van der Waals surface area contributed by atoms with Crippen molar-refractivity contribution in [2.45, 2.75) is 13.5 Å². The number of hydrogen-bond donors (Lipinski definition) is 0. The van der Waals surface area contributed by atoms with E-state index in [1.807, 2.05) is 32.2 Å². The number of ether oxygens (including phenoxy) is 1. The molecule has 0 spiro atoms. The molecule has 3 aromatic rings. The zero-order chi connectivity index (χ0) is 15.5. The average molecular weight is 294 g/mol. The van der Waals surface area contributed by atoms with Gasteiger partial charge >= 0.3 is 0 Å². The minimum absolute atomic E-state index is 0.739. The molecule has 0 atom stereocenters. The Morgan fingerprint density at radius 3 is 2.73 bits per heavy atom. The number of rotatable bonds is 4. The van der Waals surface area contributed by atoms with E-state index in [2.05, 4.69) is 32.0 Å². The smallest absolute Gasteiger partial charge is 0.145 e. The Morgan fingerprint density at radius 1 is 1.09 bits per heavy atom. The van der Waals surface area contributed by atoms with Crippen molar-refractivity contribution in [2.75, 3.05) is 19.1 Å². The predicted octanol–water partition coefficient (Wildman–Crippen LogP) is 2.98. The molecule has 0 bridgehead atoms. The van der Waals surface area contributed by atoms with E-state index in [0.29, 0.717) is 0 Å². The molecule has 0 amide bonds. The zero-order valence-corrected chi connectivity index (χ0v) is 12.9.